The molecule has 9 nitrogen and oxygen atoms in total. The molecule has 4 heterocycles. The number of rotatable bonds is 4. The number of H-pyrrole nitrogens is 1. The molecule has 1 unspecified atom stereocenters. The summed E-state index contributed by atoms with van der Waals surface area (Å²) >= 11 is 0. The van der Waals surface area contributed by atoms with Gasteiger partial charge in [-0.05, 0) is 19.0 Å². The Balaban J connectivity index is 0.00000156. The Bertz CT molecular complexity index is 775. The van der Waals surface area contributed by atoms with E-state index < -0.39 is 0 Å². The number of aromatic amines is 1. The van der Waals surface area contributed by atoms with E-state index in [0.29, 0.717) is 41.5 Å². The fourth-order valence-corrected chi connectivity index (χ4v) is 2.56. The van der Waals surface area contributed by atoms with Crippen LogP contribution in [0.2, 0.25) is 0 Å². The monoisotopic (exact) mass is 337 g/mol. The van der Waals surface area contributed by atoms with Crippen molar-refractivity contribution >= 4 is 12.4 Å². The summed E-state index contributed by atoms with van der Waals surface area (Å²) in [5, 5.41) is 18.4. The van der Waals surface area contributed by atoms with Crippen LogP contribution in [-0.2, 0) is 6.42 Å². The van der Waals surface area contributed by atoms with Crippen molar-refractivity contribution in [3.05, 3.63) is 29.3 Å². The number of hydrogen-bond donors (Lipinski definition) is 2. The molecule has 1 atom stereocenters. The molecule has 3 aromatic heterocycles. The van der Waals surface area contributed by atoms with Crippen LogP contribution in [0.15, 0.2) is 15.1 Å². The van der Waals surface area contributed by atoms with Crippen molar-refractivity contribution in [3.8, 4) is 11.6 Å². The third-order valence-corrected chi connectivity index (χ3v) is 3.67. The third kappa shape index (κ3) is 3.25. The van der Waals surface area contributed by atoms with Crippen molar-refractivity contribution in [2.45, 2.75) is 25.7 Å². The van der Waals surface area contributed by atoms with Crippen LogP contribution in [-0.4, -0.2) is 43.6 Å². The minimum absolute atomic E-state index is 0. The second-order valence-corrected chi connectivity index (χ2v) is 5.32. The molecular weight excluding hydrogens is 322 g/mol. The first kappa shape index (κ1) is 15.6. The van der Waals surface area contributed by atoms with E-state index in [4.69, 9.17) is 9.05 Å². The van der Waals surface area contributed by atoms with E-state index in [2.05, 4.69) is 35.8 Å². The smallest absolute Gasteiger partial charge is 0.278 e. The van der Waals surface area contributed by atoms with Gasteiger partial charge in [0.2, 0.25) is 5.89 Å². The minimum Gasteiger partial charge on any atom is -0.340 e. The summed E-state index contributed by atoms with van der Waals surface area (Å²) < 4.78 is 10.2. The van der Waals surface area contributed by atoms with Gasteiger partial charge in [0.15, 0.2) is 17.3 Å². The summed E-state index contributed by atoms with van der Waals surface area (Å²) in [6, 6.07) is 1.97. The fourth-order valence-electron chi connectivity index (χ4n) is 2.56. The molecule has 0 aliphatic carbocycles. The summed E-state index contributed by atoms with van der Waals surface area (Å²) in [6.45, 7) is 3.74. The van der Waals surface area contributed by atoms with E-state index in [1.165, 1.54) is 0 Å². The van der Waals surface area contributed by atoms with Crippen LogP contribution in [0, 0.1) is 6.92 Å². The molecule has 0 aromatic carbocycles. The van der Waals surface area contributed by atoms with Gasteiger partial charge in [-0.3, -0.25) is 5.10 Å². The SMILES string of the molecule is Cc1nc(Cc2noc(-c3cc(C4CCNC4)[nH]n3)n2)no1.Cl. The lowest BCUT2D eigenvalue weighted by molar-refractivity contribution is 0.387. The average Bonchev–Trinajstić information content (AvgIpc) is 3.26. The quantitative estimate of drug-likeness (QED) is 0.730. The van der Waals surface area contributed by atoms with Crippen molar-refractivity contribution in [2.75, 3.05) is 13.1 Å². The highest BCUT2D eigenvalue weighted by molar-refractivity contribution is 5.85. The Morgan fingerprint density at radius 1 is 1.22 bits per heavy atom. The van der Waals surface area contributed by atoms with Gasteiger partial charge in [0, 0.05) is 25.1 Å². The Morgan fingerprint density at radius 2 is 2.04 bits per heavy atom. The lowest BCUT2D eigenvalue weighted by Gasteiger charge is -2.02. The van der Waals surface area contributed by atoms with Crippen molar-refractivity contribution in [1.29, 1.82) is 0 Å². The molecule has 0 spiro atoms. The Hall–Kier alpha value is -2.26. The van der Waals surface area contributed by atoms with Gasteiger partial charge < -0.3 is 14.4 Å². The van der Waals surface area contributed by atoms with E-state index in [-0.39, 0.29) is 12.4 Å². The maximum absolute atomic E-state index is 5.26. The predicted molar refractivity (Wildman–Crippen MR) is 81.2 cm³/mol. The predicted octanol–water partition coefficient (Wildman–Crippen LogP) is 1.24. The van der Waals surface area contributed by atoms with Gasteiger partial charge in [-0.15, -0.1) is 12.4 Å². The molecular formula is C13H16ClN7O2. The molecule has 3 aromatic rings. The zero-order valence-electron chi connectivity index (χ0n) is 12.4. The Kier molecular flexibility index (Phi) is 4.39. The maximum Gasteiger partial charge on any atom is 0.278 e. The molecule has 1 aliphatic heterocycles. The summed E-state index contributed by atoms with van der Waals surface area (Å²) in [7, 11) is 0. The fraction of sp³-hybridized carbons (Fsp3) is 0.462. The van der Waals surface area contributed by atoms with Gasteiger partial charge in [0.1, 0.15) is 0 Å². The van der Waals surface area contributed by atoms with E-state index in [1.54, 1.807) is 6.92 Å². The standard InChI is InChI=1S/C13H15N7O2.ClH/c1-7-15-11(19-21-7)5-12-16-13(22-20-12)10-4-9(17-18-10)8-2-3-14-6-8;/h4,8,14H,2-3,5-6H2,1H3,(H,17,18);1H. The second kappa shape index (κ2) is 6.47. The number of aromatic nitrogens is 6. The third-order valence-electron chi connectivity index (χ3n) is 3.67. The van der Waals surface area contributed by atoms with Crippen molar-refractivity contribution in [2.24, 2.45) is 0 Å². The molecule has 10 heteroatoms. The Labute approximate surface area is 137 Å². The first-order valence-electron chi connectivity index (χ1n) is 7.16. The number of nitrogens with zero attached hydrogens (tertiary/aromatic N) is 5. The normalized spacial score (nSPS) is 17.3. The first-order chi connectivity index (χ1) is 10.8. The molecule has 0 amide bonds. The summed E-state index contributed by atoms with van der Waals surface area (Å²) in [6.07, 6.45) is 1.47. The largest absolute Gasteiger partial charge is 0.340 e. The Morgan fingerprint density at radius 3 is 2.78 bits per heavy atom. The topological polar surface area (TPSA) is 119 Å². The number of nitrogens with one attached hydrogen (secondary N) is 2. The van der Waals surface area contributed by atoms with Gasteiger partial charge >= 0.3 is 0 Å². The number of halogens is 1. The molecule has 1 saturated heterocycles. The van der Waals surface area contributed by atoms with Gasteiger partial charge in [-0.25, -0.2) is 0 Å². The van der Waals surface area contributed by atoms with Crippen LogP contribution < -0.4 is 5.32 Å². The summed E-state index contributed by atoms with van der Waals surface area (Å²) in [4.78, 5) is 8.44. The lowest BCUT2D eigenvalue weighted by Crippen LogP contribution is -2.08. The number of aryl methyl sites for hydroxylation is 1. The first-order valence-corrected chi connectivity index (χ1v) is 7.16. The van der Waals surface area contributed by atoms with Gasteiger partial charge in [-0.1, -0.05) is 10.3 Å². The van der Waals surface area contributed by atoms with E-state index in [0.717, 1.165) is 25.2 Å². The molecule has 2 N–H and O–H groups in total. The molecule has 1 aliphatic rings. The van der Waals surface area contributed by atoms with Gasteiger partial charge in [0.25, 0.3) is 5.89 Å². The van der Waals surface area contributed by atoms with Gasteiger partial charge in [-0.2, -0.15) is 15.1 Å². The molecule has 4 rings (SSSR count). The van der Waals surface area contributed by atoms with Crippen LogP contribution in [0.25, 0.3) is 11.6 Å². The van der Waals surface area contributed by atoms with Crippen LogP contribution >= 0.6 is 12.4 Å². The van der Waals surface area contributed by atoms with Crippen LogP contribution in [0.1, 0.15) is 35.6 Å². The summed E-state index contributed by atoms with van der Waals surface area (Å²) in [5.41, 5.74) is 1.75. The van der Waals surface area contributed by atoms with E-state index in [1.807, 2.05) is 6.07 Å². The van der Waals surface area contributed by atoms with Crippen LogP contribution in [0.5, 0.6) is 0 Å². The molecule has 1 fully saturated rings. The molecule has 0 bridgehead atoms. The van der Waals surface area contributed by atoms with Gasteiger partial charge in [0.05, 0.1) is 6.42 Å². The average molecular weight is 338 g/mol. The zero-order chi connectivity index (χ0) is 14.9. The lowest BCUT2D eigenvalue weighted by atomic mass is 10.1. The van der Waals surface area contributed by atoms with E-state index in [9.17, 15) is 0 Å². The summed E-state index contributed by atoms with van der Waals surface area (Å²) in [5.74, 6) is 2.41. The van der Waals surface area contributed by atoms with Crippen molar-refractivity contribution < 1.29 is 9.05 Å². The highest BCUT2D eigenvalue weighted by Gasteiger charge is 2.21. The van der Waals surface area contributed by atoms with Crippen molar-refractivity contribution in [3.63, 3.8) is 0 Å². The van der Waals surface area contributed by atoms with Crippen LogP contribution in [0.4, 0.5) is 0 Å². The molecule has 0 radical (unpaired) electrons. The molecule has 122 valence electrons. The highest BCUT2D eigenvalue weighted by atomic mass is 35.5. The van der Waals surface area contributed by atoms with E-state index >= 15 is 0 Å². The number of hydrogen-bond acceptors (Lipinski definition) is 8. The molecule has 0 saturated carbocycles. The second-order valence-electron chi connectivity index (χ2n) is 5.32. The zero-order valence-corrected chi connectivity index (χ0v) is 13.3. The highest BCUT2D eigenvalue weighted by Crippen LogP contribution is 2.24. The minimum atomic E-state index is 0. The van der Waals surface area contributed by atoms with Crippen molar-refractivity contribution in [1.82, 2.24) is 35.8 Å². The maximum atomic E-state index is 5.26. The molecule has 23 heavy (non-hydrogen) atoms. The van der Waals surface area contributed by atoms with Crippen LogP contribution in [0.3, 0.4) is 0 Å².